The zero-order valence-electron chi connectivity index (χ0n) is 13.8. The molecule has 0 atom stereocenters. The van der Waals surface area contributed by atoms with Crippen molar-refractivity contribution >= 4 is 5.91 Å². The molecular weight excluding hydrogens is 246 g/mol. The summed E-state index contributed by atoms with van der Waals surface area (Å²) in [6, 6.07) is 0. The van der Waals surface area contributed by atoms with E-state index in [1.807, 2.05) is 7.05 Å². The zero-order valence-corrected chi connectivity index (χ0v) is 13.8. The molecule has 0 aliphatic carbocycles. The Kier molecular flexibility index (Phi) is 14.0. The van der Waals surface area contributed by atoms with Crippen molar-refractivity contribution in [3.63, 3.8) is 0 Å². The number of carbonyl (C=O) groups excluding carboxylic acids is 1. The lowest BCUT2D eigenvalue weighted by molar-refractivity contribution is -0.129. The second-order valence-electron chi connectivity index (χ2n) is 5.85. The first-order valence-corrected chi connectivity index (χ1v) is 8.57. The highest BCUT2D eigenvalue weighted by Crippen LogP contribution is 2.12. The molecule has 0 aromatic heterocycles. The summed E-state index contributed by atoms with van der Waals surface area (Å²) >= 11 is 0. The third-order valence-electron chi connectivity index (χ3n) is 3.82. The molecule has 20 heavy (non-hydrogen) atoms. The summed E-state index contributed by atoms with van der Waals surface area (Å²) in [5.41, 5.74) is 0. The molecule has 0 unspecified atom stereocenters. The third kappa shape index (κ3) is 12.3. The van der Waals surface area contributed by atoms with E-state index in [9.17, 15) is 4.79 Å². The van der Waals surface area contributed by atoms with Crippen LogP contribution in [0.5, 0.6) is 0 Å². The van der Waals surface area contributed by atoms with Gasteiger partial charge in [0.1, 0.15) is 0 Å². The monoisotopic (exact) mass is 281 g/mol. The molecule has 0 saturated carbocycles. The van der Waals surface area contributed by atoms with E-state index in [0.29, 0.717) is 13.0 Å². The fraction of sp³-hybridized carbons (Fsp3) is 0.833. The molecule has 2 nitrogen and oxygen atoms in total. The van der Waals surface area contributed by atoms with Crippen LogP contribution in [-0.2, 0) is 4.79 Å². The molecule has 0 radical (unpaired) electrons. The largest absolute Gasteiger partial charge is 0.342 e. The molecule has 1 amide bonds. The van der Waals surface area contributed by atoms with Gasteiger partial charge in [-0.2, -0.15) is 0 Å². The van der Waals surface area contributed by atoms with Gasteiger partial charge in [-0.15, -0.1) is 6.58 Å². The number of hydrogen-bond acceptors (Lipinski definition) is 1. The van der Waals surface area contributed by atoms with Gasteiger partial charge in [0.25, 0.3) is 0 Å². The maximum Gasteiger partial charge on any atom is 0.222 e. The number of rotatable bonds is 14. The Morgan fingerprint density at radius 2 is 1.35 bits per heavy atom. The van der Waals surface area contributed by atoms with Gasteiger partial charge in [0.15, 0.2) is 0 Å². The summed E-state index contributed by atoms with van der Waals surface area (Å²) in [7, 11) is 1.85. The molecule has 0 heterocycles. The topological polar surface area (TPSA) is 20.3 Å². The van der Waals surface area contributed by atoms with Crippen molar-refractivity contribution in [2.24, 2.45) is 0 Å². The first kappa shape index (κ1) is 19.2. The second kappa shape index (κ2) is 14.6. The summed E-state index contributed by atoms with van der Waals surface area (Å²) in [6.45, 7) is 6.58. The zero-order chi connectivity index (χ0) is 15.1. The lowest BCUT2D eigenvalue weighted by Crippen LogP contribution is -2.26. The standard InChI is InChI=1S/C18H35NO/c1-4-6-7-8-9-10-11-12-13-14-15-16-18(20)19(3)17-5-2/h5H,2,4,6-17H2,1,3H3. The molecule has 0 aromatic carbocycles. The molecule has 0 rings (SSSR count). The number of unbranched alkanes of at least 4 members (excludes halogenated alkanes) is 10. The van der Waals surface area contributed by atoms with E-state index in [4.69, 9.17) is 0 Å². The van der Waals surface area contributed by atoms with Crippen LogP contribution in [0.1, 0.15) is 84.0 Å². The molecule has 0 aliphatic rings. The molecule has 0 spiro atoms. The Morgan fingerprint density at radius 3 is 1.80 bits per heavy atom. The minimum atomic E-state index is 0.251. The van der Waals surface area contributed by atoms with E-state index in [-0.39, 0.29) is 5.91 Å². The minimum Gasteiger partial charge on any atom is -0.342 e. The minimum absolute atomic E-state index is 0.251. The van der Waals surface area contributed by atoms with Crippen LogP contribution in [0.25, 0.3) is 0 Å². The first-order valence-electron chi connectivity index (χ1n) is 8.57. The van der Waals surface area contributed by atoms with Gasteiger partial charge in [-0.25, -0.2) is 0 Å². The SMILES string of the molecule is C=CCN(C)C(=O)CCCCCCCCCCCCC. The predicted octanol–water partition coefficient (Wildman–Crippen LogP) is 5.33. The van der Waals surface area contributed by atoms with Gasteiger partial charge < -0.3 is 4.90 Å². The van der Waals surface area contributed by atoms with Gasteiger partial charge in [0, 0.05) is 20.0 Å². The van der Waals surface area contributed by atoms with Gasteiger partial charge >= 0.3 is 0 Å². The maximum absolute atomic E-state index is 11.7. The average molecular weight is 281 g/mol. The average Bonchev–Trinajstić information content (AvgIpc) is 2.44. The number of hydrogen-bond donors (Lipinski definition) is 0. The molecule has 0 aliphatic heterocycles. The van der Waals surface area contributed by atoms with Crippen molar-refractivity contribution in [2.45, 2.75) is 84.0 Å². The number of nitrogens with zero attached hydrogens (tertiary/aromatic N) is 1. The Morgan fingerprint density at radius 1 is 0.900 bits per heavy atom. The van der Waals surface area contributed by atoms with Crippen LogP contribution in [0.4, 0.5) is 0 Å². The highest BCUT2D eigenvalue weighted by molar-refractivity contribution is 5.75. The summed E-state index contributed by atoms with van der Waals surface area (Å²) in [6.07, 6.45) is 17.1. The van der Waals surface area contributed by atoms with Crippen molar-refractivity contribution in [1.29, 1.82) is 0 Å². The fourth-order valence-corrected chi connectivity index (χ4v) is 2.43. The van der Waals surface area contributed by atoms with E-state index in [2.05, 4.69) is 13.5 Å². The number of likely N-dealkylation sites (N-methyl/N-ethyl adjacent to an activating group) is 1. The van der Waals surface area contributed by atoms with Crippen LogP contribution in [0, 0.1) is 0 Å². The number of carbonyl (C=O) groups is 1. The van der Waals surface area contributed by atoms with Crippen molar-refractivity contribution < 1.29 is 4.79 Å². The van der Waals surface area contributed by atoms with Crippen LogP contribution in [0.15, 0.2) is 12.7 Å². The lowest BCUT2D eigenvalue weighted by Gasteiger charge is -2.14. The predicted molar refractivity (Wildman–Crippen MR) is 88.9 cm³/mol. The van der Waals surface area contributed by atoms with E-state index in [0.717, 1.165) is 6.42 Å². The molecule has 0 bridgehead atoms. The number of amides is 1. The van der Waals surface area contributed by atoms with Gasteiger partial charge in [0.2, 0.25) is 5.91 Å². The molecule has 0 fully saturated rings. The van der Waals surface area contributed by atoms with E-state index < -0.39 is 0 Å². The normalized spacial score (nSPS) is 10.5. The highest BCUT2D eigenvalue weighted by Gasteiger charge is 2.05. The van der Waals surface area contributed by atoms with Crippen molar-refractivity contribution in [1.82, 2.24) is 4.90 Å². The summed E-state index contributed by atoms with van der Waals surface area (Å²) in [5, 5.41) is 0. The van der Waals surface area contributed by atoms with E-state index in [1.165, 1.54) is 64.2 Å². The van der Waals surface area contributed by atoms with Crippen LogP contribution in [0.2, 0.25) is 0 Å². The summed E-state index contributed by atoms with van der Waals surface area (Å²) in [5.74, 6) is 0.251. The summed E-state index contributed by atoms with van der Waals surface area (Å²) in [4.78, 5) is 13.4. The molecule has 2 heteroatoms. The van der Waals surface area contributed by atoms with Gasteiger partial charge in [-0.05, 0) is 6.42 Å². The van der Waals surface area contributed by atoms with Gasteiger partial charge in [-0.3, -0.25) is 4.79 Å². The van der Waals surface area contributed by atoms with Crippen LogP contribution in [-0.4, -0.2) is 24.4 Å². The Hall–Kier alpha value is -0.790. The maximum atomic E-state index is 11.7. The van der Waals surface area contributed by atoms with Crippen LogP contribution >= 0.6 is 0 Å². The Bertz CT molecular complexity index is 238. The van der Waals surface area contributed by atoms with Crippen LogP contribution in [0.3, 0.4) is 0 Å². The first-order chi connectivity index (χ1) is 9.72. The van der Waals surface area contributed by atoms with Gasteiger partial charge in [0.05, 0.1) is 0 Å². The molecule has 118 valence electrons. The molecule has 0 saturated heterocycles. The van der Waals surface area contributed by atoms with Crippen molar-refractivity contribution in [2.75, 3.05) is 13.6 Å². The van der Waals surface area contributed by atoms with E-state index in [1.54, 1.807) is 11.0 Å². The lowest BCUT2D eigenvalue weighted by atomic mass is 10.1. The third-order valence-corrected chi connectivity index (χ3v) is 3.82. The second-order valence-corrected chi connectivity index (χ2v) is 5.85. The fourth-order valence-electron chi connectivity index (χ4n) is 2.43. The van der Waals surface area contributed by atoms with Crippen LogP contribution < -0.4 is 0 Å². The van der Waals surface area contributed by atoms with E-state index >= 15 is 0 Å². The molecule has 0 N–H and O–H groups in total. The Labute approximate surface area is 126 Å². The Balaban J connectivity index is 3.20. The van der Waals surface area contributed by atoms with Gasteiger partial charge in [-0.1, -0.05) is 77.2 Å². The quantitative estimate of drug-likeness (QED) is 0.311. The molecular formula is C18H35NO. The highest BCUT2D eigenvalue weighted by atomic mass is 16.2. The summed E-state index contributed by atoms with van der Waals surface area (Å²) < 4.78 is 0. The van der Waals surface area contributed by atoms with Crippen molar-refractivity contribution in [3.8, 4) is 0 Å². The van der Waals surface area contributed by atoms with Crippen molar-refractivity contribution in [3.05, 3.63) is 12.7 Å². The smallest absolute Gasteiger partial charge is 0.222 e. The molecule has 0 aromatic rings.